The predicted molar refractivity (Wildman–Crippen MR) is 90.0 cm³/mol. The lowest BCUT2D eigenvalue weighted by Crippen LogP contribution is -2.32. The van der Waals surface area contributed by atoms with E-state index in [1.54, 1.807) is 42.5 Å². The van der Waals surface area contributed by atoms with E-state index in [0.717, 1.165) is 4.47 Å². The van der Waals surface area contributed by atoms with Crippen LogP contribution in [-0.2, 0) is 9.59 Å². The van der Waals surface area contributed by atoms with Gasteiger partial charge in [-0.05, 0) is 24.3 Å². The minimum atomic E-state index is -0.872. The van der Waals surface area contributed by atoms with E-state index in [1.165, 1.54) is 6.21 Å². The molecular formula is C15H11BrClN3O2. The number of hydrogen-bond donors (Lipinski definition) is 2. The lowest BCUT2D eigenvalue weighted by molar-refractivity contribution is -0.136. The minimum absolute atomic E-state index is 0.499. The van der Waals surface area contributed by atoms with Crippen LogP contribution < -0.4 is 10.7 Å². The zero-order chi connectivity index (χ0) is 15.9. The molecule has 0 heterocycles. The average molecular weight is 381 g/mol. The molecule has 0 saturated carbocycles. The molecule has 0 radical (unpaired) electrons. The number of carbonyl (C=O) groups is 2. The summed E-state index contributed by atoms with van der Waals surface area (Å²) >= 11 is 9.21. The Morgan fingerprint density at radius 1 is 1.09 bits per heavy atom. The van der Waals surface area contributed by atoms with E-state index in [4.69, 9.17) is 11.6 Å². The van der Waals surface area contributed by atoms with Crippen LogP contribution in [0.25, 0.3) is 0 Å². The molecule has 0 unspecified atom stereocenters. The first kappa shape index (κ1) is 16.2. The van der Waals surface area contributed by atoms with Crippen molar-refractivity contribution in [2.24, 2.45) is 5.10 Å². The Balaban J connectivity index is 1.92. The van der Waals surface area contributed by atoms with E-state index in [0.29, 0.717) is 16.3 Å². The lowest BCUT2D eigenvalue weighted by atomic mass is 10.2. The van der Waals surface area contributed by atoms with E-state index in [2.05, 4.69) is 31.8 Å². The number of hydrazone groups is 1. The van der Waals surface area contributed by atoms with E-state index >= 15 is 0 Å². The van der Waals surface area contributed by atoms with E-state index in [-0.39, 0.29) is 0 Å². The standard InChI is InChI=1S/C15H11BrClN3O2/c16-11-5-3-6-12(8-11)19-14(21)15(22)20-18-9-10-4-1-2-7-13(10)17/h1-9H,(H,19,21)(H,20,22)/b18-9+. The van der Waals surface area contributed by atoms with Crippen molar-refractivity contribution in [2.45, 2.75) is 0 Å². The first-order valence-electron chi connectivity index (χ1n) is 6.21. The van der Waals surface area contributed by atoms with Gasteiger partial charge in [0.2, 0.25) is 0 Å². The highest BCUT2D eigenvalue weighted by Crippen LogP contribution is 2.15. The third-order valence-electron chi connectivity index (χ3n) is 2.56. The number of carbonyl (C=O) groups excluding carboxylic acids is 2. The molecule has 2 rings (SSSR count). The minimum Gasteiger partial charge on any atom is -0.318 e. The summed E-state index contributed by atoms with van der Waals surface area (Å²) in [6, 6.07) is 13.9. The molecule has 0 spiro atoms. The summed E-state index contributed by atoms with van der Waals surface area (Å²) in [6.45, 7) is 0. The van der Waals surface area contributed by atoms with Gasteiger partial charge in [0.25, 0.3) is 0 Å². The Bertz CT molecular complexity index is 734. The largest absolute Gasteiger partial charge is 0.329 e. The third-order valence-corrected chi connectivity index (χ3v) is 3.40. The van der Waals surface area contributed by atoms with Crippen molar-refractivity contribution in [1.82, 2.24) is 5.43 Å². The zero-order valence-electron chi connectivity index (χ0n) is 11.2. The highest BCUT2D eigenvalue weighted by molar-refractivity contribution is 9.10. The van der Waals surface area contributed by atoms with Gasteiger partial charge < -0.3 is 5.32 Å². The number of anilines is 1. The zero-order valence-corrected chi connectivity index (χ0v) is 13.6. The summed E-state index contributed by atoms with van der Waals surface area (Å²) in [7, 11) is 0. The van der Waals surface area contributed by atoms with E-state index < -0.39 is 11.8 Å². The van der Waals surface area contributed by atoms with E-state index in [1.807, 2.05) is 6.07 Å². The van der Waals surface area contributed by atoms with Gasteiger partial charge in [-0.2, -0.15) is 5.10 Å². The van der Waals surface area contributed by atoms with Crippen molar-refractivity contribution in [3.05, 3.63) is 63.6 Å². The summed E-state index contributed by atoms with van der Waals surface area (Å²) < 4.78 is 0.794. The number of nitrogens with zero attached hydrogens (tertiary/aromatic N) is 1. The Morgan fingerprint density at radius 3 is 2.59 bits per heavy atom. The van der Waals surface area contributed by atoms with Crippen LogP contribution in [0.1, 0.15) is 5.56 Å². The molecule has 22 heavy (non-hydrogen) atoms. The van der Waals surface area contributed by atoms with Crippen LogP contribution >= 0.6 is 27.5 Å². The molecule has 0 aliphatic heterocycles. The Morgan fingerprint density at radius 2 is 1.86 bits per heavy atom. The molecule has 2 N–H and O–H groups in total. The highest BCUT2D eigenvalue weighted by Gasteiger charge is 2.12. The fourth-order valence-electron chi connectivity index (χ4n) is 1.55. The monoisotopic (exact) mass is 379 g/mol. The topological polar surface area (TPSA) is 70.6 Å². The Hall–Kier alpha value is -2.18. The van der Waals surface area contributed by atoms with Crippen molar-refractivity contribution in [1.29, 1.82) is 0 Å². The quantitative estimate of drug-likeness (QED) is 0.488. The number of halogens is 2. The van der Waals surface area contributed by atoms with Crippen LogP contribution in [0.2, 0.25) is 5.02 Å². The number of amides is 2. The van der Waals surface area contributed by atoms with Gasteiger partial charge in [-0.1, -0.05) is 51.8 Å². The number of benzene rings is 2. The molecule has 0 saturated heterocycles. The smallest absolute Gasteiger partial charge is 0.318 e. The number of rotatable bonds is 3. The molecule has 2 amide bonds. The summed E-state index contributed by atoms with van der Waals surface area (Å²) in [5, 5.41) is 6.66. The van der Waals surface area contributed by atoms with E-state index in [9.17, 15) is 9.59 Å². The van der Waals surface area contributed by atoms with Gasteiger partial charge >= 0.3 is 11.8 Å². The molecule has 7 heteroatoms. The number of nitrogens with one attached hydrogen (secondary N) is 2. The van der Waals surface area contributed by atoms with Gasteiger partial charge in [0.15, 0.2) is 0 Å². The van der Waals surface area contributed by atoms with Gasteiger partial charge in [0.05, 0.1) is 6.21 Å². The summed E-state index contributed by atoms with van der Waals surface area (Å²) in [5.74, 6) is -1.68. The Labute approximate surface area is 140 Å². The van der Waals surface area contributed by atoms with Crippen LogP contribution in [-0.4, -0.2) is 18.0 Å². The van der Waals surface area contributed by atoms with Crippen molar-refractivity contribution < 1.29 is 9.59 Å². The third kappa shape index (κ3) is 4.68. The summed E-state index contributed by atoms with van der Waals surface area (Å²) in [5.41, 5.74) is 3.28. The molecule has 0 fully saturated rings. The van der Waals surface area contributed by atoms with Crippen LogP contribution in [0.15, 0.2) is 58.1 Å². The van der Waals surface area contributed by atoms with Crippen LogP contribution in [0.3, 0.4) is 0 Å². The molecule has 5 nitrogen and oxygen atoms in total. The Kier molecular flexibility index (Phi) is 5.68. The summed E-state index contributed by atoms with van der Waals surface area (Å²) in [4.78, 5) is 23.3. The molecule has 0 aliphatic carbocycles. The SMILES string of the molecule is O=C(N/N=C/c1ccccc1Cl)C(=O)Nc1cccc(Br)c1. The molecule has 0 bridgehead atoms. The normalized spacial score (nSPS) is 10.5. The van der Waals surface area contributed by atoms with Gasteiger partial charge in [-0.15, -0.1) is 0 Å². The molecule has 112 valence electrons. The molecular weight excluding hydrogens is 370 g/mol. The molecule has 0 atom stereocenters. The summed E-state index contributed by atoms with van der Waals surface area (Å²) in [6.07, 6.45) is 1.37. The first-order valence-corrected chi connectivity index (χ1v) is 7.38. The molecule has 0 aliphatic rings. The van der Waals surface area contributed by atoms with Crippen molar-refractivity contribution in [2.75, 3.05) is 5.32 Å². The van der Waals surface area contributed by atoms with Gasteiger partial charge in [0, 0.05) is 20.7 Å². The number of hydrogen-bond acceptors (Lipinski definition) is 3. The molecule has 2 aromatic carbocycles. The highest BCUT2D eigenvalue weighted by atomic mass is 79.9. The van der Waals surface area contributed by atoms with Gasteiger partial charge in [-0.25, -0.2) is 5.43 Å². The van der Waals surface area contributed by atoms with Crippen molar-refractivity contribution in [3.8, 4) is 0 Å². The predicted octanol–water partition coefficient (Wildman–Crippen LogP) is 3.19. The van der Waals surface area contributed by atoms with Crippen LogP contribution in [0.4, 0.5) is 5.69 Å². The van der Waals surface area contributed by atoms with Crippen molar-refractivity contribution in [3.63, 3.8) is 0 Å². The second-order valence-electron chi connectivity index (χ2n) is 4.19. The maximum Gasteiger partial charge on any atom is 0.329 e. The van der Waals surface area contributed by atoms with Crippen LogP contribution in [0, 0.1) is 0 Å². The fraction of sp³-hybridized carbons (Fsp3) is 0. The van der Waals surface area contributed by atoms with Crippen LogP contribution in [0.5, 0.6) is 0 Å². The first-order chi connectivity index (χ1) is 10.6. The second kappa shape index (κ2) is 7.72. The van der Waals surface area contributed by atoms with Crippen molar-refractivity contribution >= 4 is 51.2 Å². The molecule has 2 aromatic rings. The molecule has 0 aromatic heterocycles. The maximum absolute atomic E-state index is 11.7. The fourth-order valence-corrected chi connectivity index (χ4v) is 2.13. The maximum atomic E-state index is 11.7. The second-order valence-corrected chi connectivity index (χ2v) is 5.51. The van der Waals surface area contributed by atoms with Gasteiger partial charge in [-0.3, -0.25) is 9.59 Å². The average Bonchev–Trinajstić information content (AvgIpc) is 2.49. The van der Waals surface area contributed by atoms with Gasteiger partial charge in [0.1, 0.15) is 0 Å². The lowest BCUT2D eigenvalue weighted by Gasteiger charge is -2.04.